The van der Waals surface area contributed by atoms with Gasteiger partial charge in [0.25, 0.3) is 0 Å². The summed E-state index contributed by atoms with van der Waals surface area (Å²) in [6.45, 7) is 2.62. The molecule has 0 spiro atoms. The molecule has 4 atom stereocenters. The number of carbonyl (C=O) groups excluding carboxylic acids is 2. The normalized spacial score (nSPS) is 14.9. The number of esters is 2. The van der Waals surface area contributed by atoms with E-state index in [0.717, 1.165) is 25.7 Å². The van der Waals surface area contributed by atoms with Crippen molar-refractivity contribution in [3.8, 4) is 0 Å². The first kappa shape index (κ1) is 52.4. The van der Waals surface area contributed by atoms with Crippen molar-refractivity contribution in [3.63, 3.8) is 0 Å². The van der Waals surface area contributed by atoms with Gasteiger partial charge < -0.3 is 30.3 Å². The molecule has 0 aromatic rings. The zero-order valence-electron chi connectivity index (χ0n) is 33.9. The van der Waals surface area contributed by atoms with Crippen LogP contribution in [0.4, 0.5) is 0 Å². The number of nitrogens with two attached hydrogens (primary N) is 1. The van der Waals surface area contributed by atoms with Crippen LogP contribution in [0.3, 0.4) is 0 Å². The molecular formula is C42H74NO11P. The van der Waals surface area contributed by atoms with Crippen LogP contribution in [0.2, 0.25) is 0 Å². The van der Waals surface area contributed by atoms with E-state index in [4.69, 9.17) is 24.8 Å². The van der Waals surface area contributed by atoms with Crippen LogP contribution >= 0.6 is 7.82 Å². The van der Waals surface area contributed by atoms with Crippen molar-refractivity contribution in [2.75, 3.05) is 19.8 Å². The van der Waals surface area contributed by atoms with Crippen molar-refractivity contribution in [3.05, 3.63) is 48.6 Å². The summed E-state index contributed by atoms with van der Waals surface area (Å²) in [4.78, 5) is 45.8. The molecule has 0 radical (unpaired) electrons. The zero-order chi connectivity index (χ0) is 40.8. The molecule has 0 aromatic carbocycles. The largest absolute Gasteiger partial charge is 0.480 e. The van der Waals surface area contributed by atoms with Crippen LogP contribution in [0.5, 0.6) is 0 Å². The second kappa shape index (κ2) is 37.0. The van der Waals surface area contributed by atoms with E-state index in [1.54, 1.807) is 6.08 Å². The summed E-state index contributed by atoms with van der Waals surface area (Å²) in [6, 6.07) is -1.54. The summed E-state index contributed by atoms with van der Waals surface area (Å²) in [6.07, 6.45) is 36.4. The number of aliphatic hydroxyl groups excluding tert-OH is 1. The molecule has 0 rings (SSSR count). The van der Waals surface area contributed by atoms with E-state index in [1.165, 1.54) is 77.0 Å². The van der Waals surface area contributed by atoms with Crippen LogP contribution in [0.1, 0.15) is 162 Å². The number of phosphoric ester groups is 1. The predicted octanol–water partition coefficient (Wildman–Crippen LogP) is 9.58. The van der Waals surface area contributed by atoms with Gasteiger partial charge in [-0.15, -0.1) is 0 Å². The first-order chi connectivity index (χ1) is 26.5. The Morgan fingerprint density at radius 1 is 0.655 bits per heavy atom. The maximum Gasteiger partial charge on any atom is 0.472 e. The summed E-state index contributed by atoms with van der Waals surface area (Å²) in [7, 11) is -4.74. The number of phosphoric acid groups is 1. The summed E-state index contributed by atoms with van der Waals surface area (Å²) in [5.74, 6) is -2.50. The fourth-order valence-corrected chi connectivity index (χ4v) is 6.09. The molecule has 1 unspecified atom stereocenters. The van der Waals surface area contributed by atoms with Gasteiger partial charge in [-0.3, -0.25) is 23.4 Å². The highest BCUT2D eigenvalue weighted by molar-refractivity contribution is 7.47. The van der Waals surface area contributed by atoms with E-state index in [-0.39, 0.29) is 12.8 Å². The fourth-order valence-electron chi connectivity index (χ4n) is 5.31. The second-order valence-electron chi connectivity index (χ2n) is 14.0. The molecule has 0 bridgehead atoms. The number of hydrogen-bond donors (Lipinski definition) is 4. The summed E-state index contributed by atoms with van der Waals surface area (Å²) in [5.41, 5.74) is 5.32. The third-order valence-electron chi connectivity index (χ3n) is 8.66. The van der Waals surface area contributed by atoms with Gasteiger partial charge in [-0.05, 0) is 44.9 Å². The number of carboxylic acids is 1. The number of unbranched alkanes of at least 4 members (excludes halogenated alkanes) is 16. The van der Waals surface area contributed by atoms with E-state index in [9.17, 15) is 28.9 Å². The summed E-state index contributed by atoms with van der Waals surface area (Å²) >= 11 is 0. The van der Waals surface area contributed by atoms with Crippen LogP contribution in [-0.4, -0.2) is 71.1 Å². The van der Waals surface area contributed by atoms with Crippen LogP contribution in [0, 0.1) is 0 Å². The minimum absolute atomic E-state index is 0.112. The van der Waals surface area contributed by atoms with Crippen molar-refractivity contribution < 1.29 is 52.6 Å². The Labute approximate surface area is 331 Å². The molecule has 318 valence electrons. The molecule has 0 aliphatic heterocycles. The van der Waals surface area contributed by atoms with E-state index >= 15 is 0 Å². The van der Waals surface area contributed by atoms with Crippen molar-refractivity contribution >= 4 is 25.7 Å². The average molecular weight is 800 g/mol. The van der Waals surface area contributed by atoms with Crippen molar-refractivity contribution in [2.45, 2.75) is 180 Å². The Kier molecular flexibility index (Phi) is 35.3. The zero-order valence-corrected chi connectivity index (χ0v) is 34.8. The molecule has 0 aliphatic carbocycles. The monoisotopic (exact) mass is 799 g/mol. The van der Waals surface area contributed by atoms with Gasteiger partial charge in [-0.25, -0.2) is 4.57 Å². The molecule has 0 saturated heterocycles. The van der Waals surface area contributed by atoms with Crippen LogP contribution in [0.25, 0.3) is 0 Å². The number of hydrogen-bond acceptors (Lipinski definition) is 10. The van der Waals surface area contributed by atoms with E-state index < -0.39 is 63.8 Å². The lowest BCUT2D eigenvalue weighted by Crippen LogP contribution is -2.34. The lowest BCUT2D eigenvalue weighted by Gasteiger charge is -2.20. The number of allylic oxidation sites excluding steroid dienone is 6. The third kappa shape index (κ3) is 36.8. The standard InChI is InChI=1S/C42H74NO11P/c1-3-5-7-9-11-12-13-14-15-16-20-25-29-33-41(46)54-38(35-52-55(49,50)53-36-39(43)42(47)48)34-51-40(45)32-28-24-21-17-19-23-27-31-37(44)30-26-22-18-10-8-6-4-2/h17-18,21-23,26-27,30,37-39,44H,3-16,19-20,24-25,28-29,31-36,43H2,1-2H3,(H,47,48)(H,49,50)/b21-17+,22-18-,27-23-,30-26-/t37-,38-,39+/m1/s1. The fraction of sp³-hybridized carbons (Fsp3) is 0.738. The molecule has 0 heterocycles. The topological polar surface area (TPSA) is 192 Å². The molecule has 0 saturated carbocycles. The molecule has 5 N–H and O–H groups in total. The first-order valence-corrected chi connectivity index (χ1v) is 22.3. The molecule has 0 aromatic heterocycles. The quantitative estimate of drug-likeness (QED) is 0.0152. The second-order valence-corrected chi connectivity index (χ2v) is 15.4. The number of aliphatic carboxylic acids is 1. The van der Waals surface area contributed by atoms with Gasteiger partial charge in [0.1, 0.15) is 12.6 Å². The highest BCUT2D eigenvalue weighted by atomic mass is 31.2. The highest BCUT2D eigenvalue weighted by Crippen LogP contribution is 2.43. The molecular weight excluding hydrogens is 725 g/mol. The Balaban J connectivity index is 4.54. The summed E-state index contributed by atoms with van der Waals surface area (Å²) < 4.78 is 32.5. The van der Waals surface area contributed by atoms with Gasteiger partial charge in [-0.1, -0.05) is 152 Å². The minimum atomic E-state index is -4.74. The number of carbonyl (C=O) groups is 3. The molecule has 12 nitrogen and oxygen atoms in total. The molecule has 0 fully saturated rings. The summed E-state index contributed by atoms with van der Waals surface area (Å²) in [5, 5.41) is 18.9. The van der Waals surface area contributed by atoms with Crippen molar-refractivity contribution in [2.24, 2.45) is 5.73 Å². The van der Waals surface area contributed by atoms with Crippen LogP contribution in [0.15, 0.2) is 48.6 Å². The van der Waals surface area contributed by atoms with Crippen molar-refractivity contribution in [1.82, 2.24) is 0 Å². The Morgan fingerprint density at radius 3 is 1.84 bits per heavy atom. The Bertz CT molecular complexity index is 1140. The van der Waals surface area contributed by atoms with E-state index in [2.05, 4.69) is 24.4 Å². The molecule has 0 aliphatic rings. The number of rotatable bonds is 38. The van der Waals surface area contributed by atoms with Gasteiger partial charge in [0.05, 0.1) is 19.3 Å². The SMILES string of the molecule is CCCCC/C=C\C=C/[C@@H](O)C/C=C\C/C=C/CCCC(=O)OC[C@H](COP(=O)(O)OC[C@H](N)C(=O)O)OC(=O)CCCCCCCCCCCCCCC. The minimum Gasteiger partial charge on any atom is -0.480 e. The Morgan fingerprint density at radius 2 is 1.20 bits per heavy atom. The first-order valence-electron chi connectivity index (χ1n) is 20.8. The number of ether oxygens (including phenoxy) is 2. The van der Waals surface area contributed by atoms with Gasteiger partial charge in [0.15, 0.2) is 6.10 Å². The maximum atomic E-state index is 12.6. The molecule has 55 heavy (non-hydrogen) atoms. The van der Waals surface area contributed by atoms with E-state index in [0.29, 0.717) is 32.1 Å². The van der Waals surface area contributed by atoms with E-state index in [1.807, 2.05) is 36.5 Å². The average Bonchev–Trinajstić information content (AvgIpc) is 3.15. The van der Waals surface area contributed by atoms with Gasteiger partial charge in [0.2, 0.25) is 0 Å². The van der Waals surface area contributed by atoms with Gasteiger partial charge in [-0.2, -0.15) is 0 Å². The van der Waals surface area contributed by atoms with Crippen LogP contribution < -0.4 is 5.73 Å². The number of carboxylic acid groups (broad SMARTS) is 1. The number of aliphatic hydroxyl groups is 1. The lowest BCUT2D eigenvalue weighted by atomic mass is 10.0. The lowest BCUT2D eigenvalue weighted by molar-refractivity contribution is -0.161. The van der Waals surface area contributed by atoms with Gasteiger partial charge >= 0.3 is 25.7 Å². The highest BCUT2D eigenvalue weighted by Gasteiger charge is 2.28. The Hall–Kier alpha value is -2.60. The predicted molar refractivity (Wildman–Crippen MR) is 218 cm³/mol. The maximum absolute atomic E-state index is 12.6. The smallest absolute Gasteiger partial charge is 0.472 e. The van der Waals surface area contributed by atoms with Gasteiger partial charge in [0, 0.05) is 12.8 Å². The van der Waals surface area contributed by atoms with Crippen molar-refractivity contribution in [1.29, 1.82) is 0 Å². The van der Waals surface area contributed by atoms with Crippen LogP contribution in [-0.2, 0) is 37.5 Å². The molecule has 13 heteroatoms. The third-order valence-corrected chi connectivity index (χ3v) is 9.61. The molecule has 0 amide bonds.